The first kappa shape index (κ1) is 62.8. The Labute approximate surface area is 479 Å². The Kier molecular flexibility index (Phi) is 19.6. The summed E-state index contributed by atoms with van der Waals surface area (Å²) in [6.07, 6.45) is 2.51. The molecular weight excluding hydrogens is 991 g/mol. The molecule has 446 valence electrons. The van der Waals surface area contributed by atoms with Gasteiger partial charge in [0.1, 0.15) is 0 Å². The van der Waals surface area contributed by atoms with E-state index in [0.717, 1.165) is 84.6 Å². The molecule has 0 radical (unpaired) electrons. The van der Waals surface area contributed by atoms with Gasteiger partial charge in [-0.3, -0.25) is 34.3 Å². The summed E-state index contributed by atoms with van der Waals surface area (Å²) in [5.74, 6) is 0. The molecule has 79 heavy (non-hydrogen) atoms. The van der Waals surface area contributed by atoms with E-state index < -0.39 is 0 Å². The number of likely N-dealkylation sites (N-methyl/N-ethyl adjacent to an activating group) is 1. The number of carbonyl (C=O) groups is 3. The van der Waals surface area contributed by atoms with Crippen molar-refractivity contribution in [2.24, 2.45) is 0 Å². The molecule has 10 aliphatic heterocycles. The molecule has 0 aromatic carbocycles. The second-order valence-corrected chi connectivity index (χ2v) is 29.5. The number of ether oxygens (including phenoxy) is 2. The second kappa shape index (κ2) is 24.6. The predicted octanol–water partition coefficient (Wildman–Crippen LogP) is 8.35. The molecule has 0 spiro atoms. The molecule has 0 aromatic heterocycles. The Bertz CT molecular complexity index is 2310. The lowest BCUT2D eigenvalue weighted by atomic mass is 10.1. The van der Waals surface area contributed by atoms with Crippen LogP contribution in [-0.2, 0) is 9.47 Å². The standard InChI is InChI=1S/C13H23N3O.C13H22N2O2.C13H22N2.C12H20N2O2.C12H22N2/c1-13(2,3)16-8-10-6-15(7-11(10)9-16)12(17)14(4)5;1-5-17-12(16)14-6-10-8-15(13(2,3)4)9-11(10)7-14;1-13(2,3)15-8-10-6-14(12-4-5-12)7-11(10)9-15;1-12(2,3)14-7-9-5-13(11(15)16-4)6-10(9)8-14;1-5-13-6-10-8-14(12(2,3)4)9-11(10)7-13/h6-9H2,1-5H3;5-9H2,1-4H3;12H,4-9H2,1-3H3;5-8H2,1-4H3;5-9H2,1-4H3. The summed E-state index contributed by atoms with van der Waals surface area (Å²) < 4.78 is 9.77. The van der Waals surface area contributed by atoms with E-state index in [9.17, 15) is 14.4 Å². The van der Waals surface area contributed by atoms with Crippen LogP contribution in [0.2, 0.25) is 0 Å². The van der Waals surface area contributed by atoms with Crippen LogP contribution in [0.15, 0.2) is 55.7 Å². The first-order chi connectivity index (χ1) is 36.7. The number of urea groups is 1. The van der Waals surface area contributed by atoms with Crippen LogP contribution in [-0.4, -0.2) is 271 Å². The lowest BCUT2D eigenvalue weighted by Gasteiger charge is -2.34. The van der Waals surface area contributed by atoms with E-state index in [1.54, 1.807) is 37.0 Å². The smallest absolute Gasteiger partial charge is 0.410 e. The van der Waals surface area contributed by atoms with Crippen LogP contribution in [0.3, 0.4) is 0 Å². The van der Waals surface area contributed by atoms with Gasteiger partial charge in [-0.1, -0.05) is 6.92 Å². The van der Waals surface area contributed by atoms with Crippen LogP contribution in [0, 0.1) is 0 Å². The van der Waals surface area contributed by atoms with Gasteiger partial charge in [0, 0.05) is 179 Å². The quantitative estimate of drug-likeness (QED) is 0.254. The van der Waals surface area contributed by atoms with E-state index in [0.29, 0.717) is 17.7 Å². The number of hydrogen-bond donors (Lipinski definition) is 0. The minimum absolute atomic E-state index is 0.127. The van der Waals surface area contributed by atoms with E-state index in [4.69, 9.17) is 9.47 Å². The van der Waals surface area contributed by atoms with Gasteiger partial charge in [0.05, 0.1) is 13.7 Å². The zero-order valence-corrected chi connectivity index (χ0v) is 53.5. The number of nitrogens with zero attached hydrogens (tertiary/aromatic N) is 11. The number of methoxy groups -OCH3 is 1. The molecule has 1 aliphatic carbocycles. The average Bonchev–Trinajstić information content (AvgIpc) is 4.15. The van der Waals surface area contributed by atoms with Crippen LogP contribution >= 0.6 is 0 Å². The maximum absolute atomic E-state index is 11.9. The maximum Gasteiger partial charge on any atom is 0.410 e. The van der Waals surface area contributed by atoms with E-state index in [2.05, 4.69) is 145 Å². The molecule has 1 fully saturated rings. The Balaban J connectivity index is 0.000000143. The second-order valence-electron chi connectivity index (χ2n) is 29.5. The van der Waals surface area contributed by atoms with Crippen molar-refractivity contribution in [3.63, 3.8) is 0 Å². The van der Waals surface area contributed by atoms with Crippen molar-refractivity contribution in [2.45, 2.75) is 164 Å². The molecule has 16 nitrogen and oxygen atoms in total. The molecule has 0 N–H and O–H groups in total. The van der Waals surface area contributed by atoms with Crippen molar-refractivity contribution in [1.82, 2.24) is 53.9 Å². The van der Waals surface area contributed by atoms with Gasteiger partial charge in [0.15, 0.2) is 0 Å². The molecule has 11 aliphatic rings. The molecule has 0 bridgehead atoms. The summed E-state index contributed by atoms with van der Waals surface area (Å²) in [5.41, 5.74) is 16.7. The Morgan fingerprint density at radius 3 is 0.911 bits per heavy atom. The van der Waals surface area contributed by atoms with Crippen LogP contribution < -0.4 is 0 Å². The van der Waals surface area contributed by atoms with Gasteiger partial charge in [-0.15, -0.1) is 0 Å². The van der Waals surface area contributed by atoms with Crippen LogP contribution in [0.4, 0.5) is 14.4 Å². The van der Waals surface area contributed by atoms with Gasteiger partial charge in [0.25, 0.3) is 0 Å². The van der Waals surface area contributed by atoms with Crippen LogP contribution in [0.25, 0.3) is 0 Å². The highest BCUT2D eigenvalue weighted by Crippen LogP contribution is 2.37. The van der Waals surface area contributed by atoms with Gasteiger partial charge in [0.2, 0.25) is 0 Å². The van der Waals surface area contributed by atoms with Gasteiger partial charge < -0.3 is 29.1 Å². The summed E-state index contributed by atoms with van der Waals surface area (Å²) in [7, 11) is 5.06. The first-order valence-corrected chi connectivity index (χ1v) is 30.1. The average molecular weight is 1100 g/mol. The highest BCUT2D eigenvalue weighted by Gasteiger charge is 2.42. The number of amides is 4. The summed E-state index contributed by atoms with van der Waals surface area (Å²) in [5, 5.41) is 0. The Hall–Kier alpha value is -3.77. The summed E-state index contributed by atoms with van der Waals surface area (Å²) in [6.45, 7) is 60.3. The van der Waals surface area contributed by atoms with Crippen molar-refractivity contribution < 1.29 is 23.9 Å². The predicted molar refractivity (Wildman–Crippen MR) is 322 cm³/mol. The minimum Gasteiger partial charge on any atom is -0.453 e. The molecule has 4 amide bonds. The van der Waals surface area contributed by atoms with Gasteiger partial charge >= 0.3 is 18.2 Å². The molecule has 0 aromatic rings. The summed E-state index contributed by atoms with van der Waals surface area (Å²) >= 11 is 0. The highest BCUT2D eigenvalue weighted by atomic mass is 16.6. The molecule has 16 heteroatoms. The zero-order chi connectivity index (χ0) is 58.3. The number of hydrogen-bond acceptors (Lipinski definition) is 12. The van der Waals surface area contributed by atoms with Crippen molar-refractivity contribution in [1.29, 1.82) is 0 Å². The highest BCUT2D eigenvalue weighted by molar-refractivity contribution is 5.75. The van der Waals surface area contributed by atoms with E-state index in [-0.39, 0.29) is 34.8 Å². The largest absolute Gasteiger partial charge is 0.453 e. The van der Waals surface area contributed by atoms with E-state index in [1.807, 2.05) is 25.9 Å². The first-order valence-electron chi connectivity index (χ1n) is 30.1. The van der Waals surface area contributed by atoms with Crippen molar-refractivity contribution >= 4 is 18.2 Å². The molecular formula is C63H109N11O5. The van der Waals surface area contributed by atoms with Gasteiger partial charge in [-0.2, -0.15) is 0 Å². The third-order valence-corrected chi connectivity index (χ3v) is 18.1. The lowest BCUT2D eigenvalue weighted by molar-refractivity contribution is 0.112. The topological polar surface area (TPSA) is 105 Å². The fourth-order valence-corrected chi connectivity index (χ4v) is 12.3. The lowest BCUT2D eigenvalue weighted by Crippen LogP contribution is -2.44. The van der Waals surface area contributed by atoms with E-state index >= 15 is 0 Å². The fraction of sp³-hybridized carbons (Fsp3) is 0.794. The van der Waals surface area contributed by atoms with Crippen LogP contribution in [0.1, 0.15) is 131 Å². The molecule has 0 saturated heterocycles. The third kappa shape index (κ3) is 15.9. The van der Waals surface area contributed by atoms with Crippen molar-refractivity contribution in [3.05, 3.63) is 55.7 Å². The van der Waals surface area contributed by atoms with Gasteiger partial charge in [-0.05, 0) is 186 Å². The number of rotatable bonds is 3. The van der Waals surface area contributed by atoms with Gasteiger partial charge in [-0.25, -0.2) is 14.4 Å². The van der Waals surface area contributed by atoms with Crippen molar-refractivity contribution in [3.8, 4) is 0 Å². The molecule has 0 unspecified atom stereocenters. The Morgan fingerprint density at radius 2 is 0.671 bits per heavy atom. The van der Waals surface area contributed by atoms with Crippen LogP contribution in [0.5, 0.6) is 0 Å². The minimum atomic E-state index is -0.211. The molecule has 1 saturated carbocycles. The number of carbonyl (C=O) groups excluding carboxylic acids is 3. The summed E-state index contributed by atoms with van der Waals surface area (Å²) in [4.78, 5) is 59.8. The normalized spacial score (nSPS) is 23.4. The molecule has 10 heterocycles. The molecule has 0 atom stereocenters. The van der Waals surface area contributed by atoms with Crippen molar-refractivity contribution in [2.75, 3.05) is 165 Å². The summed E-state index contributed by atoms with van der Waals surface area (Å²) in [6, 6.07) is 1.07. The third-order valence-electron chi connectivity index (χ3n) is 18.1. The fourth-order valence-electron chi connectivity index (χ4n) is 12.3. The SMILES string of the molecule is CC(C)(C)N1CC2=C(CN(C3CC3)C2)C1.CCN1CC2=C(C1)CN(C(C)(C)C)C2.CCOC(=O)N1CC2=C(C1)CN(C(C)(C)C)C2.CN(C)C(=O)N1CC2=C(C1)CN(C(C)(C)C)C2.COC(=O)N1CC2=C(C1)CN(C(C)(C)C)C2. The molecule has 11 rings (SSSR count). The monoisotopic (exact) mass is 1100 g/mol. The Morgan fingerprint density at radius 1 is 0.405 bits per heavy atom. The van der Waals surface area contributed by atoms with E-state index in [1.165, 1.54) is 112 Å². The maximum atomic E-state index is 11.9. The zero-order valence-electron chi connectivity index (χ0n) is 53.5.